The number of carbonyl (C=O) groups is 2. The lowest BCUT2D eigenvalue weighted by Crippen LogP contribution is -2.46. The van der Waals surface area contributed by atoms with Crippen LogP contribution in [0, 0.1) is 0 Å². The summed E-state index contributed by atoms with van der Waals surface area (Å²) in [6, 6.07) is 5.03. The molecule has 1 aromatic rings. The van der Waals surface area contributed by atoms with E-state index < -0.39 is 17.4 Å². The topological polar surface area (TPSA) is 71.1 Å². The molecule has 0 unspecified atom stereocenters. The Hall–Kier alpha value is -2.24. The molecule has 0 radical (unpaired) electrons. The first-order chi connectivity index (χ1) is 12.5. The van der Waals surface area contributed by atoms with E-state index in [9.17, 15) is 9.59 Å². The Labute approximate surface area is 155 Å². The summed E-state index contributed by atoms with van der Waals surface area (Å²) in [5.41, 5.74) is -1.12. The van der Waals surface area contributed by atoms with Crippen molar-refractivity contribution in [3.8, 4) is 11.5 Å². The maximum atomic E-state index is 13.0. The van der Waals surface area contributed by atoms with Gasteiger partial charge in [0.05, 0.1) is 27.4 Å². The van der Waals surface area contributed by atoms with Gasteiger partial charge in [-0.25, -0.2) is 0 Å². The molecule has 0 heterocycles. The molecule has 0 aliphatic carbocycles. The number of unbranched alkanes of at least 4 members (excludes halogenated alkanes) is 2. The van der Waals surface area contributed by atoms with Gasteiger partial charge in [0.15, 0.2) is 5.41 Å². The van der Waals surface area contributed by atoms with Crippen LogP contribution in [0.3, 0.4) is 0 Å². The molecule has 6 nitrogen and oxygen atoms in total. The van der Waals surface area contributed by atoms with Crippen LogP contribution in [0.25, 0.3) is 0 Å². The zero-order chi connectivity index (χ0) is 19.6. The van der Waals surface area contributed by atoms with Crippen molar-refractivity contribution in [3.63, 3.8) is 0 Å². The normalized spacial score (nSPS) is 11.0. The number of hydrogen-bond acceptors (Lipinski definition) is 6. The van der Waals surface area contributed by atoms with Gasteiger partial charge < -0.3 is 18.9 Å². The second-order valence-electron chi connectivity index (χ2n) is 5.87. The molecule has 26 heavy (non-hydrogen) atoms. The first-order valence-electron chi connectivity index (χ1n) is 9.08. The largest absolute Gasteiger partial charge is 0.497 e. The highest BCUT2D eigenvalue weighted by Gasteiger charge is 2.51. The fraction of sp³-hybridized carbons (Fsp3) is 0.600. The first kappa shape index (κ1) is 21.8. The minimum absolute atomic E-state index is 0.173. The van der Waals surface area contributed by atoms with E-state index in [-0.39, 0.29) is 13.2 Å². The Morgan fingerprint density at radius 3 is 2.00 bits per heavy atom. The van der Waals surface area contributed by atoms with Crippen molar-refractivity contribution in [2.75, 3.05) is 27.4 Å². The Balaban J connectivity index is 3.58. The standard InChI is InChI=1S/C20H30O6/c1-6-9-10-13-20(18(21)25-7-2,19(22)26-8-3)16-12-11-15(23-4)14-17(16)24-5/h11-12,14H,6-10,13H2,1-5H3. The molecule has 0 spiro atoms. The van der Waals surface area contributed by atoms with Crippen molar-refractivity contribution in [2.45, 2.75) is 51.9 Å². The minimum Gasteiger partial charge on any atom is -0.497 e. The molecule has 6 heteroatoms. The molecule has 1 rings (SSSR count). The van der Waals surface area contributed by atoms with E-state index in [1.165, 1.54) is 7.11 Å². The summed E-state index contributed by atoms with van der Waals surface area (Å²) < 4.78 is 21.3. The van der Waals surface area contributed by atoms with Crippen molar-refractivity contribution >= 4 is 11.9 Å². The lowest BCUT2D eigenvalue weighted by atomic mass is 9.75. The highest BCUT2D eigenvalue weighted by Crippen LogP contribution is 2.40. The third-order valence-electron chi connectivity index (χ3n) is 4.27. The molecule has 0 aromatic heterocycles. The molecular formula is C20H30O6. The van der Waals surface area contributed by atoms with E-state index in [1.54, 1.807) is 39.2 Å². The molecule has 0 saturated carbocycles. The van der Waals surface area contributed by atoms with Crippen LogP contribution in [0.15, 0.2) is 18.2 Å². The number of carbonyl (C=O) groups excluding carboxylic acids is 2. The fourth-order valence-corrected chi connectivity index (χ4v) is 2.94. The van der Waals surface area contributed by atoms with Crippen LogP contribution in [0.4, 0.5) is 0 Å². The summed E-state index contributed by atoms with van der Waals surface area (Å²) in [6.07, 6.45) is 2.82. The molecular weight excluding hydrogens is 336 g/mol. The quantitative estimate of drug-likeness (QED) is 0.338. The lowest BCUT2D eigenvalue weighted by Gasteiger charge is -2.31. The number of rotatable bonds is 11. The summed E-state index contributed by atoms with van der Waals surface area (Å²) in [4.78, 5) is 26.0. The van der Waals surface area contributed by atoms with Gasteiger partial charge in [-0.3, -0.25) is 9.59 Å². The Morgan fingerprint density at radius 1 is 0.923 bits per heavy atom. The van der Waals surface area contributed by atoms with Crippen molar-refractivity contribution in [1.82, 2.24) is 0 Å². The molecule has 0 saturated heterocycles. The number of benzene rings is 1. The first-order valence-corrected chi connectivity index (χ1v) is 9.08. The molecule has 1 aromatic carbocycles. The summed E-state index contributed by atoms with van der Waals surface area (Å²) in [5.74, 6) is -0.265. The summed E-state index contributed by atoms with van der Waals surface area (Å²) in [5, 5.41) is 0. The molecule has 0 atom stereocenters. The molecule has 0 aliphatic heterocycles. The zero-order valence-corrected chi connectivity index (χ0v) is 16.4. The second-order valence-corrected chi connectivity index (χ2v) is 5.87. The highest BCUT2D eigenvalue weighted by atomic mass is 16.6. The molecule has 0 bridgehead atoms. The number of methoxy groups -OCH3 is 2. The van der Waals surface area contributed by atoms with Gasteiger partial charge in [0.1, 0.15) is 11.5 Å². The molecule has 146 valence electrons. The Kier molecular flexibility index (Phi) is 8.96. The molecule has 0 amide bonds. The van der Waals surface area contributed by atoms with Gasteiger partial charge in [-0.15, -0.1) is 0 Å². The lowest BCUT2D eigenvalue weighted by molar-refractivity contribution is -0.165. The zero-order valence-electron chi connectivity index (χ0n) is 16.4. The van der Waals surface area contributed by atoms with Crippen molar-refractivity contribution < 1.29 is 28.5 Å². The summed E-state index contributed by atoms with van der Waals surface area (Å²) in [7, 11) is 3.03. The van der Waals surface area contributed by atoms with Crippen molar-refractivity contribution in [2.24, 2.45) is 0 Å². The minimum atomic E-state index is -1.56. The maximum absolute atomic E-state index is 13.0. The smallest absolute Gasteiger partial charge is 0.328 e. The van der Waals surface area contributed by atoms with Crippen LogP contribution < -0.4 is 9.47 Å². The Bertz CT molecular complexity index is 578. The van der Waals surface area contributed by atoms with Gasteiger partial charge in [-0.2, -0.15) is 0 Å². The fourth-order valence-electron chi connectivity index (χ4n) is 2.94. The summed E-state index contributed by atoms with van der Waals surface area (Å²) >= 11 is 0. The summed E-state index contributed by atoms with van der Waals surface area (Å²) in [6.45, 7) is 5.83. The van der Waals surface area contributed by atoms with Crippen LogP contribution in [-0.2, 0) is 24.5 Å². The number of ether oxygens (including phenoxy) is 4. The molecule has 0 fully saturated rings. The van der Waals surface area contributed by atoms with E-state index in [4.69, 9.17) is 18.9 Å². The van der Waals surface area contributed by atoms with Crippen LogP contribution in [-0.4, -0.2) is 39.4 Å². The predicted octanol–water partition coefficient (Wildman–Crippen LogP) is 3.65. The Morgan fingerprint density at radius 2 is 1.54 bits per heavy atom. The van der Waals surface area contributed by atoms with Gasteiger partial charge in [0, 0.05) is 11.6 Å². The third-order valence-corrected chi connectivity index (χ3v) is 4.27. The molecule has 0 aliphatic rings. The average molecular weight is 366 g/mol. The van der Waals surface area contributed by atoms with Crippen LogP contribution in [0.2, 0.25) is 0 Å². The number of esters is 2. The van der Waals surface area contributed by atoms with Crippen LogP contribution in [0.5, 0.6) is 11.5 Å². The average Bonchev–Trinajstić information content (AvgIpc) is 2.65. The van der Waals surface area contributed by atoms with Crippen molar-refractivity contribution in [3.05, 3.63) is 23.8 Å². The van der Waals surface area contributed by atoms with Crippen LogP contribution in [0.1, 0.15) is 52.0 Å². The number of hydrogen-bond donors (Lipinski definition) is 0. The van der Waals surface area contributed by atoms with Gasteiger partial charge >= 0.3 is 11.9 Å². The van der Waals surface area contributed by atoms with E-state index in [0.29, 0.717) is 29.9 Å². The van der Waals surface area contributed by atoms with E-state index in [0.717, 1.165) is 12.8 Å². The van der Waals surface area contributed by atoms with E-state index >= 15 is 0 Å². The van der Waals surface area contributed by atoms with Crippen LogP contribution >= 0.6 is 0 Å². The van der Waals surface area contributed by atoms with Gasteiger partial charge in [0.25, 0.3) is 0 Å². The third kappa shape index (κ3) is 4.68. The van der Waals surface area contributed by atoms with Gasteiger partial charge in [0.2, 0.25) is 0 Å². The van der Waals surface area contributed by atoms with Crippen molar-refractivity contribution in [1.29, 1.82) is 0 Å². The van der Waals surface area contributed by atoms with E-state index in [2.05, 4.69) is 6.92 Å². The van der Waals surface area contributed by atoms with Gasteiger partial charge in [-0.05, 0) is 32.4 Å². The maximum Gasteiger partial charge on any atom is 0.328 e. The monoisotopic (exact) mass is 366 g/mol. The molecule has 0 N–H and O–H groups in total. The predicted molar refractivity (Wildman–Crippen MR) is 98.6 cm³/mol. The SMILES string of the molecule is CCCCCC(C(=O)OCC)(C(=O)OCC)c1ccc(OC)cc1OC. The highest BCUT2D eigenvalue weighted by molar-refractivity contribution is 6.07. The second kappa shape index (κ2) is 10.7. The van der Waals surface area contributed by atoms with Gasteiger partial charge in [-0.1, -0.05) is 26.2 Å². The van der Waals surface area contributed by atoms with E-state index in [1.807, 2.05) is 0 Å².